The quantitative estimate of drug-likeness (QED) is 0.155. The van der Waals surface area contributed by atoms with Crippen LogP contribution in [0, 0.1) is 0 Å². The number of hydrogen-bond acceptors (Lipinski definition) is 2. The number of rotatable bonds is 23. The minimum Gasteiger partial charge on any atom is -0.317 e. The molecule has 174 valence electrons. The maximum Gasteiger partial charge on any atom is 0.0205 e. The summed E-state index contributed by atoms with van der Waals surface area (Å²) >= 11 is 0. The highest BCUT2D eigenvalue weighted by molar-refractivity contribution is 6.08. The second kappa shape index (κ2) is 23.0. The van der Waals surface area contributed by atoms with Crippen molar-refractivity contribution in [3.8, 4) is 0 Å². The minimum atomic E-state index is 1.01. The number of nitrogens with one attached hydrogen (secondary N) is 2. The van der Waals surface area contributed by atoms with Gasteiger partial charge in [0.15, 0.2) is 0 Å². The van der Waals surface area contributed by atoms with Crippen LogP contribution in [-0.2, 0) is 6.54 Å². The normalized spacial score (nSPS) is 11.3. The van der Waals surface area contributed by atoms with Crippen LogP contribution in [0.25, 0.3) is 0 Å². The second-order valence-electron chi connectivity index (χ2n) is 9.07. The fourth-order valence-corrected chi connectivity index (χ4v) is 4.41. The monoisotopic (exact) mass is 432 g/mol. The predicted molar refractivity (Wildman–Crippen MR) is 140 cm³/mol. The van der Waals surface area contributed by atoms with Gasteiger partial charge in [0, 0.05) is 16.8 Å². The van der Waals surface area contributed by atoms with Gasteiger partial charge in [-0.1, -0.05) is 120 Å². The molecule has 0 aliphatic carbocycles. The van der Waals surface area contributed by atoms with Crippen molar-refractivity contribution in [3.05, 3.63) is 35.9 Å². The molecule has 0 aromatic heterocycles. The summed E-state index contributed by atoms with van der Waals surface area (Å²) in [5, 5.41) is 7.12. The summed E-state index contributed by atoms with van der Waals surface area (Å²) in [7, 11) is 1.36. The fraction of sp³-hybridized carbons (Fsp3) is 0.778. The third-order valence-electron chi connectivity index (χ3n) is 6.09. The molecule has 30 heavy (non-hydrogen) atoms. The number of unbranched alkanes of at least 4 members (excludes halogenated alkanes) is 14. The van der Waals surface area contributed by atoms with Crippen LogP contribution in [0.4, 0.5) is 0 Å². The molecule has 0 saturated carbocycles. The van der Waals surface area contributed by atoms with Crippen LogP contribution in [-0.4, -0.2) is 29.9 Å². The number of hydrogen-bond donors (Lipinski definition) is 2. The third-order valence-corrected chi connectivity index (χ3v) is 6.79. The summed E-state index contributed by atoms with van der Waals surface area (Å²) in [4.78, 5) is 0. The van der Waals surface area contributed by atoms with E-state index in [-0.39, 0.29) is 0 Å². The van der Waals surface area contributed by atoms with E-state index >= 15 is 0 Å². The molecule has 1 rings (SSSR count). The van der Waals surface area contributed by atoms with Crippen LogP contribution < -0.4 is 10.6 Å². The molecule has 3 heteroatoms. The van der Waals surface area contributed by atoms with Crippen molar-refractivity contribution < 1.29 is 0 Å². The van der Waals surface area contributed by atoms with E-state index in [0.717, 1.165) is 13.1 Å². The molecule has 0 fully saturated rings. The summed E-state index contributed by atoms with van der Waals surface area (Å²) in [6, 6.07) is 12.2. The Labute approximate surface area is 191 Å². The van der Waals surface area contributed by atoms with E-state index in [4.69, 9.17) is 0 Å². The highest BCUT2D eigenvalue weighted by Crippen LogP contribution is 2.13. The van der Waals surface area contributed by atoms with E-state index in [0.29, 0.717) is 0 Å². The van der Waals surface area contributed by atoms with Gasteiger partial charge >= 0.3 is 0 Å². The molecule has 1 aromatic carbocycles. The van der Waals surface area contributed by atoms with E-state index in [1.807, 2.05) is 0 Å². The molecule has 0 atom stereocenters. The Morgan fingerprint density at radius 1 is 0.467 bits per heavy atom. The minimum absolute atomic E-state index is 1.01. The Morgan fingerprint density at radius 3 is 1.33 bits per heavy atom. The Bertz CT molecular complexity index is 438. The molecule has 2 nitrogen and oxygen atoms in total. The molecule has 0 heterocycles. The van der Waals surface area contributed by atoms with Crippen LogP contribution in [0.5, 0.6) is 0 Å². The predicted octanol–water partition coefficient (Wildman–Crippen LogP) is 6.39. The van der Waals surface area contributed by atoms with Crippen LogP contribution in [0.3, 0.4) is 0 Å². The topological polar surface area (TPSA) is 24.1 Å². The summed E-state index contributed by atoms with van der Waals surface area (Å²) in [6.07, 6.45) is 22.9. The molecule has 2 N–H and O–H groups in total. The molecule has 0 spiro atoms. The van der Waals surface area contributed by atoms with E-state index in [2.05, 4.69) is 41.0 Å². The van der Waals surface area contributed by atoms with Crippen molar-refractivity contribution in [2.24, 2.45) is 0 Å². The molecule has 0 radical (unpaired) electrons. The van der Waals surface area contributed by atoms with Crippen LogP contribution in [0.15, 0.2) is 30.3 Å². The first kappa shape index (κ1) is 27.4. The van der Waals surface area contributed by atoms with Gasteiger partial charge in [-0.15, -0.1) is 0 Å². The standard InChI is InChI=1S/C27H52N2Si/c30-25-19-24-28-22-17-12-10-8-6-4-2-1-3-5-7-9-11-13-18-23-29-26-27-20-15-14-16-21-27/h14-16,20-21,28-29H,1-13,17-19,22-26H2,30H3. The van der Waals surface area contributed by atoms with Crippen molar-refractivity contribution in [1.82, 2.24) is 10.6 Å². The maximum atomic E-state index is 3.57. The molecule has 0 saturated heterocycles. The van der Waals surface area contributed by atoms with Crippen molar-refractivity contribution in [2.75, 3.05) is 19.6 Å². The second-order valence-corrected chi connectivity index (χ2v) is 10.1. The van der Waals surface area contributed by atoms with Crippen molar-refractivity contribution in [2.45, 2.75) is 115 Å². The lowest BCUT2D eigenvalue weighted by Crippen LogP contribution is -2.16. The lowest BCUT2D eigenvalue weighted by molar-refractivity contribution is 0.522. The van der Waals surface area contributed by atoms with Crippen LogP contribution >= 0.6 is 0 Å². The SMILES string of the molecule is [SiH3]CCCNCCCCCCCCCCCCCCCCCNCc1ccccc1. The maximum absolute atomic E-state index is 3.57. The molecular weight excluding hydrogens is 380 g/mol. The van der Waals surface area contributed by atoms with Gasteiger partial charge in [0.1, 0.15) is 0 Å². The van der Waals surface area contributed by atoms with Crippen LogP contribution in [0.1, 0.15) is 108 Å². The van der Waals surface area contributed by atoms with E-state index in [1.54, 1.807) is 0 Å². The average molecular weight is 433 g/mol. The Hall–Kier alpha value is -0.643. The van der Waals surface area contributed by atoms with Crippen molar-refractivity contribution in [1.29, 1.82) is 0 Å². The smallest absolute Gasteiger partial charge is 0.0205 e. The molecule has 1 aromatic rings. The summed E-state index contributed by atoms with van der Waals surface area (Å²) in [5.41, 5.74) is 1.39. The average Bonchev–Trinajstić information content (AvgIpc) is 2.78. The van der Waals surface area contributed by atoms with Crippen LogP contribution in [0.2, 0.25) is 6.04 Å². The summed E-state index contributed by atoms with van der Waals surface area (Å²) in [5.74, 6) is 0. The molecule has 0 amide bonds. The molecular formula is C27H52N2Si. The molecule has 0 aliphatic rings. The summed E-state index contributed by atoms with van der Waals surface area (Å²) in [6.45, 7) is 4.66. The zero-order valence-electron chi connectivity index (χ0n) is 20.2. The van der Waals surface area contributed by atoms with Gasteiger partial charge in [-0.25, -0.2) is 0 Å². The van der Waals surface area contributed by atoms with E-state index < -0.39 is 0 Å². The highest BCUT2D eigenvalue weighted by atomic mass is 28.1. The van der Waals surface area contributed by atoms with Gasteiger partial charge in [-0.3, -0.25) is 0 Å². The molecule has 0 aliphatic heterocycles. The first-order chi connectivity index (χ1) is 14.9. The van der Waals surface area contributed by atoms with Gasteiger partial charge in [-0.2, -0.15) is 0 Å². The first-order valence-electron chi connectivity index (χ1n) is 13.4. The lowest BCUT2D eigenvalue weighted by atomic mass is 10.0. The van der Waals surface area contributed by atoms with Gasteiger partial charge in [0.2, 0.25) is 0 Å². The van der Waals surface area contributed by atoms with E-state index in [9.17, 15) is 0 Å². The van der Waals surface area contributed by atoms with Gasteiger partial charge in [-0.05, 0) is 44.5 Å². The fourth-order valence-electron chi connectivity index (χ4n) is 4.05. The zero-order valence-corrected chi connectivity index (χ0v) is 22.2. The first-order valence-corrected chi connectivity index (χ1v) is 14.8. The van der Waals surface area contributed by atoms with Gasteiger partial charge < -0.3 is 10.6 Å². The number of benzene rings is 1. The largest absolute Gasteiger partial charge is 0.317 e. The van der Waals surface area contributed by atoms with Gasteiger partial charge in [0.25, 0.3) is 0 Å². The zero-order chi connectivity index (χ0) is 21.4. The van der Waals surface area contributed by atoms with Crippen molar-refractivity contribution in [3.63, 3.8) is 0 Å². The molecule has 0 unspecified atom stereocenters. The van der Waals surface area contributed by atoms with E-state index in [1.165, 1.54) is 138 Å². The van der Waals surface area contributed by atoms with Crippen molar-refractivity contribution >= 4 is 10.2 Å². The Balaban J connectivity index is 1.65. The third kappa shape index (κ3) is 19.3. The Morgan fingerprint density at radius 2 is 0.867 bits per heavy atom. The summed E-state index contributed by atoms with van der Waals surface area (Å²) < 4.78 is 0. The lowest BCUT2D eigenvalue weighted by Gasteiger charge is -2.05. The Kier molecular flexibility index (Phi) is 21.0. The van der Waals surface area contributed by atoms with Gasteiger partial charge in [0.05, 0.1) is 0 Å². The highest BCUT2D eigenvalue weighted by Gasteiger charge is 1.96. The molecule has 0 bridgehead atoms.